The first-order valence-corrected chi connectivity index (χ1v) is 6.34. The largest absolute Gasteiger partial charge is 0.334 e. The standard InChI is InChI=1S/C16H14N4O/c1-12-8-13(11-17)10-14(9-12)16-19-15(20-21-16)6-4-3-5-7-18-2/h3-10H,1-2H3/b5-3-,6-4+,18-7?. The fourth-order valence-corrected chi connectivity index (χ4v) is 1.73. The van der Waals surface area contributed by atoms with Gasteiger partial charge in [0.2, 0.25) is 0 Å². The van der Waals surface area contributed by atoms with Gasteiger partial charge in [-0.05, 0) is 42.8 Å². The van der Waals surface area contributed by atoms with Crippen LogP contribution in [0.15, 0.2) is 45.9 Å². The molecule has 0 aliphatic heterocycles. The van der Waals surface area contributed by atoms with E-state index in [0.29, 0.717) is 17.3 Å². The van der Waals surface area contributed by atoms with Crippen LogP contribution in [-0.2, 0) is 0 Å². The monoisotopic (exact) mass is 278 g/mol. The highest BCUT2D eigenvalue weighted by molar-refractivity contribution is 5.71. The second-order valence-electron chi connectivity index (χ2n) is 4.31. The SMILES string of the molecule is CN=C/C=C\C=C\c1noc(-c2cc(C)cc(C#N)c2)n1. The first-order valence-electron chi connectivity index (χ1n) is 6.34. The van der Waals surface area contributed by atoms with Crippen molar-refractivity contribution in [2.45, 2.75) is 6.92 Å². The average molecular weight is 278 g/mol. The van der Waals surface area contributed by atoms with E-state index < -0.39 is 0 Å². The number of nitrogens with zero attached hydrogens (tertiary/aromatic N) is 4. The molecular weight excluding hydrogens is 264 g/mol. The van der Waals surface area contributed by atoms with Gasteiger partial charge in [-0.2, -0.15) is 10.2 Å². The summed E-state index contributed by atoms with van der Waals surface area (Å²) in [4.78, 5) is 8.10. The van der Waals surface area contributed by atoms with Crippen molar-refractivity contribution in [3.8, 4) is 17.5 Å². The van der Waals surface area contributed by atoms with Gasteiger partial charge in [0.25, 0.3) is 5.89 Å². The van der Waals surface area contributed by atoms with E-state index in [9.17, 15) is 0 Å². The van der Waals surface area contributed by atoms with Gasteiger partial charge >= 0.3 is 0 Å². The highest BCUT2D eigenvalue weighted by atomic mass is 16.5. The number of aromatic nitrogens is 2. The molecular formula is C16H14N4O. The van der Waals surface area contributed by atoms with Crippen molar-refractivity contribution in [3.63, 3.8) is 0 Å². The summed E-state index contributed by atoms with van der Waals surface area (Å²) in [6.45, 7) is 1.92. The molecule has 2 rings (SSSR count). The lowest BCUT2D eigenvalue weighted by atomic mass is 10.1. The number of hydrogen-bond donors (Lipinski definition) is 0. The summed E-state index contributed by atoms with van der Waals surface area (Å²) in [7, 11) is 1.71. The molecule has 2 aromatic rings. The van der Waals surface area contributed by atoms with E-state index in [1.165, 1.54) is 0 Å². The Morgan fingerprint density at radius 1 is 1.24 bits per heavy atom. The van der Waals surface area contributed by atoms with Crippen molar-refractivity contribution in [2.24, 2.45) is 4.99 Å². The van der Waals surface area contributed by atoms with Crippen LogP contribution in [0, 0.1) is 18.3 Å². The number of hydrogen-bond acceptors (Lipinski definition) is 5. The third kappa shape index (κ3) is 3.98. The minimum absolute atomic E-state index is 0.397. The Kier molecular flexibility index (Phi) is 4.78. The van der Waals surface area contributed by atoms with Crippen LogP contribution < -0.4 is 0 Å². The maximum atomic E-state index is 8.98. The van der Waals surface area contributed by atoms with E-state index in [0.717, 1.165) is 11.1 Å². The van der Waals surface area contributed by atoms with E-state index in [-0.39, 0.29) is 0 Å². The lowest BCUT2D eigenvalue weighted by Crippen LogP contribution is -1.84. The number of nitriles is 1. The molecule has 0 N–H and O–H groups in total. The van der Waals surface area contributed by atoms with Crippen LogP contribution in [0.1, 0.15) is 17.0 Å². The third-order valence-corrected chi connectivity index (χ3v) is 2.60. The minimum atomic E-state index is 0.397. The van der Waals surface area contributed by atoms with Crippen molar-refractivity contribution < 1.29 is 4.52 Å². The topological polar surface area (TPSA) is 75.1 Å². The normalized spacial score (nSPS) is 11.7. The van der Waals surface area contributed by atoms with Gasteiger partial charge in [-0.15, -0.1) is 0 Å². The molecule has 0 amide bonds. The molecule has 0 aliphatic carbocycles. The van der Waals surface area contributed by atoms with E-state index in [1.807, 2.05) is 19.1 Å². The maximum Gasteiger partial charge on any atom is 0.258 e. The Morgan fingerprint density at radius 2 is 2.10 bits per heavy atom. The zero-order valence-corrected chi connectivity index (χ0v) is 11.8. The van der Waals surface area contributed by atoms with Gasteiger partial charge in [0, 0.05) is 18.8 Å². The number of benzene rings is 1. The van der Waals surface area contributed by atoms with Crippen LogP contribution in [0.5, 0.6) is 0 Å². The Labute approximate surface area is 123 Å². The van der Waals surface area contributed by atoms with Gasteiger partial charge in [0.05, 0.1) is 11.6 Å². The lowest BCUT2D eigenvalue weighted by molar-refractivity contribution is 0.428. The van der Waals surface area contributed by atoms with Crippen molar-refractivity contribution in [2.75, 3.05) is 7.05 Å². The highest BCUT2D eigenvalue weighted by Gasteiger charge is 2.08. The molecule has 0 bridgehead atoms. The quantitative estimate of drug-likeness (QED) is 0.635. The zero-order valence-electron chi connectivity index (χ0n) is 11.8. The van der Waals surface area contributed by atoms with E-state index in [4.69, 9.17) is 9.78 Å². The summed E-state index contributed by atoms with van der Waals surface area (Å²) in [6, 6.07) is 7.55. The van der Waals surface area contributed by atoms with Gasteiger partial charge in [-0.1, -0.05) is 17.3 Å². The van der Waals surface area contributed by atoms with E-state index in [1.54, 1.807) is 43.6 Å². The highest BCUT2D eigenvalue weighted by Crippen LogP contribution is 2.20. The summed E-state index contributed by atoms with van der Waals surface area (Å²) in [5.41, 5.74) is 2.29. The summed E-state index contributed by atoms with van der Waals surface area (Å²) in [5, 5.41) is 12.9. The third-order valence-electron chi connectivity index (χ3n) is 2.60. The number of rotatable bonds is 4. The predicted octanol–water partition coefficient (Wildman–Crippen LogP) is 3.19. The fourth-order valence-electron chi connectivity index (χ4n) is 1.73. The number of allylic oxidation sites excluding steroid dienone is 3. The fraction of sp³-hybridized carbons (Fsp3) is 0.125. The molecule has 104 valence electrons. The first kappa shape index (κ1) is 14.4. The van der Waals surface area contributed by atoms with Crippen LogP contribution in [0.4, 0.5) is 0 Å². The summed E-state index contributed by atoms with van der Waals surface area (Å²) >= 11 is 0. The molecule has 0 radical (unpaired) electrons. The average Bonchev–Trinajstić information content (AvgIpc) is 2.95. The first-order chi connectivity index (χ1) is 10.2. The summed E-state index contributed by atoms with van der Waals surface area (Å²) in [6.07, 6.45) is 8.84. The van der Waals surface area contributed by atoms with Crippen molar-refractivity contribution >= 4 is 12.3 Å². The smallest absolute Gasteiger partial charge is 0.258 e. The molecule has 21 heavy (non-hydrogen) atoms. The van der Waals surface area contributed by atoms with Crippen molar-refractivity contribution in [1.82, 2.24) is 10.1 Å². The molecule has 5 nitrogen and oxygen atoms in total. The molecule has 0 unspecified atom stereocenters. The number of aliphatic imine (C=N–C) groups is 1. The molecule has 0 aliphatic rings. The molecule has 1 aromatic heterocycles. The van der Waals surface area contributed by atoms with Gasteiger partial charge in [0.15, 0.2) is 5.82 Å². The molecule has 0 atom stereocenters. The van der Waals surface area contributed by atoms with Crippen molar-refractivity contribution in [1.29, 1.82) is 5.26 Å². The van der Waals surface area contributed by atoms with Gasteiger partial charge < -0.3 is 4.52 Å². The van der Waals surface area contributed by atoms with Crippen LogP contribution in [-0.4, -0.2) is 23.4 Å². The van der Waals surface area contributed by atoms with E-state index >= 15 is 0 Å². The van der Waals surface area contributed by atoms with Gasteiger partial charge in [-0.25, -0.2) is 0 Å². The van der Waals surface area contributed by atoms with E-state index in [2.05, 4.69) is 21.2 Å². The molecule has 0 saturated heterocycles. The summed E-state index contributed by atoms with van der Waals surface area (Å²) < 4.78 is 5.21. The Morgan fingerprint density at radius 3 is 2.86 bits per heavy atom. The van der Waals surface area contributed by atoms with Crippen molar-refractivity contribution in [3.05, 3.63) is 53.4 Å². The molecule has 0 fully saturated rings. The zero-order chi connectivity index (χ0) is 15.1. The molecule has 1 aromatic carbocycles. The minimum Gasteiger partial charge on any atom is -0.334 e. The molecule has 5 heteroatoms. The summed E-state index contributed by atoms with van der Waals surface area (Å²) in [5.74, 6) is 0.872. The Hall–Kier alpha value is -3.00. The van der Waals surface area contributed by atoms with Crippen LogP contribution in [0.2, 0.25) is 0 Å². The Bertz CT molecular complexity index is 748. The van der Waals surface area contributed by atoms with Crippen LogP contribution in [0.25, 0.3) is 17.5 Å². The molecule has 0 saturated carbocycles. The van der Waals surface area contributed by atoms with Crippen LogP contribution in [0.3, 0.4) is 0 Å². The van der Waals surface area contributed by atoms with Gasteiger partial charge in [-0.3, -0.25) is 4.99 Å². The van der Waals surface area contributed by atoms with Crippen LogP contribution >= 0.6 is 0 Å². The molecule has 0 spiro atoms. The molecule has 1 heterocycles. The lowest BCUT2D eigenvalue weighted by Gasteiger charge is -1.97. The number of aryl methyl sites for hydroxylation is 1. The predicted molar refractivity (Wildman–Crippen MR) is 81.8 cm³/mol. The second kappa shape index (κ2) is 6.96. The second-order valence-corrected chi connectivity index (χ2v) is 4.31. The van der Waals surface area contributed by atoms with Gasteiger partial charge in [0.1, 0.15) is 0 Å². The Balaban J connectivity index is 2.20. The maximum absolute atomic E-state index is 8.98.